The average molecular weight is 389 g/mol. The highest BCUT2D eigenvalue weighted by molar-refractivity contribution is 7.12. The fraction of sp³-hybridized carbons (Fsp3) is 0.556. The number of esters is 1. The molecule has 3 heterocycles. The van der Waals surface area contributed by atoms with Gasteiger partial charge in [-0.25, -0.2) is 9.59 Å². The predicted molar refractivity (Wildman–Crippen MR) is 101 cm³/mol. The number of likely N-dealkylation sites (tertiary alicyclic amines) is 1. The van der Waals surface area contributed by atoms with E-state index in [0.29, 0.717) is 23.2 Å². The molecule has 1 N–H and O–H groups in total. The SMILES string of the molecule is COC(=O)c1sccc1NC(=O)N1CCCC1c1nncn1C1CCCC1. The summed E-state index contributed by atoms with van der Waals surface area (Å²) < 4.78 is 6.94. The monoisotopic (exact) mass is 389 g/mol. The molecule has 2 aliphatic rings. The van der Waals surface area contributed by atoms with Gasteiger partial charge in [0.15, 0.2) is 5.82 Å². The number of methoxy groups -OCH3 is 1. The van der Waals surface area contributed by atoms with Crippen molar-refractivity contribution in [1.82, 2.24) is 19.7 Å². The number of ether oxygens (including phenoxy) is 1. The van der Waals surface area contributed by atoms with E-state index in [1.165, 1.54) is 31.3 Å². The van der Waals surface area contributed by atoms with Crippen LogP contribution < -0.4 is 5.32 Å². The Hall–Kier alpha value is -2.42. The van der Waals surface area contributed by atoms with Gasteiger partial charge in [-0.3, -0.25) is 0 Å². The van der Waals surface area contributed by atoms with Gasteiger partial charge in [-0.05, 0) is 37.1 Å². The first-order valence-corrected chi connectivity index (χ1v) is 10.2. The molecule has 2 aromatic heterocycles. The topological polar surface area (TPSA) is 89.3 Å². The maximum Gasteiger partial charge on any atom is 0.350 e. The summed E-state index contributed by atoms with van der Waals surface area (Å²) in [7, 11) is 1.33. The first-order valence-electron chi connectivity index (χ1n) is 9.32. The van der Waals surface area contributed by atoms with Crippen molar-refractivity contribution in [2.75, 3.05) is 19.0 Å². The van der Waals surface area contributed by atoms with Crippen LogP contribution in [0.2, 0.25) is 0 Å². The minimum atomic E-state index is -0.445. The minimum Gasteiger partial charge on any atom is -0.465 e. The number of urea groups is 1. The van der Waals surface area contributed by atoms with Crippen molar-refractivity contribution in [3.63, 3.8) is 0 Å². The summed E-state index contributed by atoms with van der Waals surface area (Å²) in [6, 6.07) is 1.85. The van der Waals surface area contributed by atoms with E-state index in [1.54, 1.807) is 22.7 Å². The molecule has 0 aromatic carbocycles. The second kappa shape index (κ2) is 7.67. The standard InChI is InChI=1S/C18H23N5O3S/c1-26-17(24)15-13(8-10-27-15)20-18(25)22-9-4-7-14(22)16-21-19-11-23(16)12-5-2-3-6-12/h8,10-12,14H,2-7,9H2,1H3,(H,20,25). The molecule has 0 bridgehead atoms. The van der Waals surface area contributed by atoms with Gasteiger partial charge in [-0.2, -0.15) is 0 Å². The number of carbonyl (C=O) groups is 2. The number of hydrogen-bond acceptors (Lipinski definition) is 6. The zero-order valence-corrected chi connectivity index (χ0v) is 16.1. The lowest BCUT2D eigenvalue weighted by atomic mass is 10.2. The van der Waals surface area contributed by atoms with Crippen molar-refractivity contribution in [3.8, 4) is 0 Å². The quantitative estimate of drug-likeness (QED) is 0.807. The van der Waals surface area contributed by atoms with Crippen molar-refractivity contribution in [1.29, 1.82) is 0 Å². The Balaban J connectivity index is 1.52. The molecule has 1 unspecified atom stereocenters. The van der Waals surface area contributed by atoms with Crippen molar-refractivity contribution in [2.45, 2.75) is 50.6 Å². The third-order valence-corrected chi connectivity index (χ3v) is 6.30. The molecular formula is C18H23N5O3S. The van der Waals surface area contributed by atoms with Gasteiger partial charge in [0.1, 0.15) is 11.2 Å². The van der Waals surface area contributed by atoms with Crippen LogP contribution in [-0.2, 0) is 4.74 Å². The summed E-state index contributed by atoms with van der Waals surface area (Å²) in [6.07, 6.45) is 8.32. The van der Waals surface area contributed by atoms with Gasteiger partial charge in [0.25, 0.3) is 0 Å². The number of thiophene rings is 1. The average Bonchev–Trinajstić information content (AvgIpc) is 3.46. The van der Waals surface area contributed by atoms with Gasteiger partial charge in [-0.1, -0.05) is 12.8 Å². The minimum absolute atomic E-state index is 0.0895. The van der Waals surface area contributed by atoms with Crippen LogP contribution >= 0.6 is 11.3 Å². The Morgan fingerprint density at radius 2 is 2.07 bits per heavy atom. The summed E-state index contributed by atoms with van der Waals surface area (Å²) >= 11 is 1.25. The molecule has 9 heteroatoms. The number of nitrogens with one attached hydrogen (secondary N) is 1. The Labute approximate surface area is 161 Å². The van der Waals surface area contributed by atoms with E-state index in [4.69, 9.17) is 4.74 Å². The largest absolute Gasteiger partial charge is 0.465 e. The fourth-order valence-corrected chi connectivity index (χ4v) is 4.84. The lowest BCUT2D eigenvalue weighted by Crippen LogP contribution is -2.36. The summed E-state index contributed by atoms with van der Waals surface area (Å²) in [5, 5.41) is 13.1. The van der Waals surface area contributed by atoms with E-state index >= 15 is 0 Å². The van der Waals surface area contributed by atoms with Gasteiger partial charge < -0.3 is 19.5 Å². The summed E-state index contributed by atoms with van der Waals surface area (Å²) in [5.41, 5.74) is 0.486. The molecule has 1 aliphatic heterocycles. The maximum atomic E-state index is 12.9. The lowest BCUT2D eigenvalue weighted by molar-refractivity contribution is 0.0607. The number of amides is 2. The molecule has 4 rings (SSSR count). The summed E-state index contributed by atoms with van der Waals surface area (Å²) in [5.74, 6) is 0.423. The van der Waals surface area contributed by atoms with Crippen molar-refractivity contribution in [2.24, 2.45) is 0 Å². The third kappa shape index (κ3) is 3.43. The fourth-order valence-electron chi connectivity index (χ4n) is 4.08. The van der Waals surface area contributed by atoms with Crippen molar-refractivity contribution >= 4 is 29.0 Å². The summed E-state index contributed by atoms with van der Waals surface area (Å²) in [4.78, 5) is 27.0. The van der Waals surface area contributed by atoms with Crippen LogP contribution in [0.15, 0.2) is 17.8 Å². The Morgan fingerprint density at radius 3 is 2.85 bits per heavy atom. The van der Waals surface area contributed by atoms with Crippen LogP contribution in [0.25, 0.3) is 0 Å². The van der Waals surface area contributed by atoms with E-state index < -0.39 is 5.97 Å². The highest BCUT2D eigenvalue weighted by Crippen LogP contribution is 2.36. The van der Waals surface area contributed by atoms with Crippen LogP contribution in [0.4, 0.5) is 10.5 Å². The molecule has 144 valence electrons. The maximum absolute atomic E-state index is 12.9. The first-order chi connectivity index (χ1) is 13.2. The molecule has 1 saturated carbocycles. The van der Waals surface area contributed by atoms with Crippen molar-refractivity contribution < 1.29 is 14.3 Å². The number of anilines is 1. The zero-order valence-electron chi connectivity index (χ0n) is 15.3. The molecule has 0 spiro atoms. The smallest absolute Gasteiger partial charge is 0.350 e. The molecule has 1 aliphatic carbocycles. The van der Waals surface area contributed by atoms with Gasteiger partial charge in [0.2, 0.25) is 0 Å². The highest BCUT2D eigenvalue weighted by Gasteiger charge is 2.35. The zero-order chi connectivity index (χ0) is 18.8. The predicted octanol–water partition coefficient (Wildman–Crippen LogP) is 3.61. The van der Waals surface area contributed by atoms with Crippen LogP contribution in [0.5, 0.6) is 0 Å². The Bertz CT molecular complexity index is 827. The Morgan fingerprint density at radius 1 is 1.26 bits per heavy atom. The van der Waals surface area contributed by atoms with E-state index in [1.807, 2.05) is 0 Å². The van der Waals surface area contributed by atoms with Crippen LogP contribution in [0, 0.1) is 0 Å². The molecule has 2 amide bonds. The normalized spacial score (nSPS) is 20.2. The molecule has 0 radical (unpaired) electrons. The highest BCUT2D eigenvalue weighted by atomic mass is 32.1. The third-order valence-electron chi connectivity index (χ3n) is 5.41. The molecule has 8 nitrogen and oxygen atoms in total. The number of aromatic nitrogens is 3. The molecule has 2 aromatic rings. The van der Waals surface area contributed by atoms with Crippen LogP contribution in [-0.4, -0.2) is 45.3 Å². The van der Waals surface area contributed by atoms with Crippen LogP contribution in [0.1, 0.15) is 66.1 Å². The van der Waals surface area contributed by atoms with Crippen molar-refractivity contribution in [3.05, 3.63) is 28.5 Å². The van der Waals surface area contributed by atoms with Gasteiger partial charge in [0.05, 0.1) is 18.8 Å². The van der Waals surface area contributed by atoms with E-state index in [2.05, 4.69) is 20.1 Å². The molecule has 27 heavy (non-hydrogen) atoms. The molecule has 2 fully saturated rings. The molecular weight excluding hydrogens is 366 g/mol. The van der Waals surface area contributed by atoms with Gasteiger partial charge in [0, 0.05) is 12.6 Å². The van der Waals surface area contributed by atoms with Gasteiger partial charge >= 0.3 is 12.0 Å². The second-order valence-electron chi connectivity index (χ2n) is 6.97. The number of hydrogen-bond donors (Lipinski definition) is 1. The summed E-state index contributed by atoms with van der Waals surface area (Å²) in [6.45, 7) is 0.658. The number of carbonyl (C=O) groups excluding carboxylic acids is 2. The van der Waals surface area contributed by atoms with E-state index in [0.717, 1.165) is 31.5 Å². The molecule has 1 atom stereocenters. The first kappa shape index (κ1) is 18.0. The number of nitrogens with zero attached hydrogens (tertiary/aromatic N) is 4. The second-order valence-corrected chi connectivity index (χ2v) is 7.89. The number of rotatable bonds is 4. The van der Waals surface area contributed by atoms with E-state index in [-0.39, 0.29) is 12.1 Å². The van der Waals surface area contributed by atoms with Crippen LogP contribution in [0.3, 0.4) is 0 Å². The molecule has 1 saturated heterocycles. The lowest BCUT2D eigenvalue weighted by Gasteiger charge is -2.26. The van der Waals surface area contributed by atoms with E-state index in [9.17, 15) is 9.59 Å². The van der Waals surface area contributed by atoms with Gasteiger partial charge in [-0.15, -0.1) is 21.5 Å². The Kier molecular flexibility index (Phi) is 5.11.